The lowest BCUT2D eigenvalue weighted by molar-refractivity contribution is -0.274. The Kier molecular flexibility index (Phi) is 8.13. The number of anilines is 1. The SMILES string of the molecule is O=C(O)c1cc(F)cc(N2CCC(O)(c3ccc(OCc4c(-c5ccccc5OC(F)(F)F)noc4C4CC4)cc3Cl)CC2)c1. The fraction of sp³-hybridized carbons (Fsp3) is 0.312. The lowest BCUT2D eigenvalue weighted by atomic mass is 9.84. The predicted octanol–water partition coefficient (Wildman–Crippen LogP) is 7.68. The maximum absolute atomic E-state index is 14.0. The van der Waals surface area contributed by atoms with Crippen LogP contribution < -0.4 is 14.4 Å². The second-order valence-electron chi connectivity index (χ2n) is 11.1. The van der Waals surface area contributed by atoms with Gasteiger partial charge in [0.05, 0.1) is 21.8 Å². The standard InChI is InChI=1S/C32H27ClF4N2O6/c33-26-16-22(7-8-25(26)31(42)9-11-39(12-10-31)21-14-19(30(40)41)13-20(34)15-21)43-17-24-28(38-45-29(24)18-5-6-18)23-3-1-2-4-27(23)44-32(35,36)37/h1-4,7-8,13-16,18,42H,5-6,9-12,17H2,(H,40,41). The number of rotatable bonds is 9. The van der Waals surface area contributed by atoms with E-state index in [2.05, 4.69) is 9.89 Å². The number of carboxylic acid groups (broad SMARTS) is 1. The summed E-state index contributed by atoms with van der Waals surface area (Å²) in [4.78, 5) is 13.2. The Bertz CT molecular complexity index is 1730. The normalized spacial score (nSPS) is 16.4. The molecule has 1 aliphatic carbocycles. The number of para-hydroxylation sites is 1. The maximum atomic E-state index is 14.0. The molecule has 236 valence electrons. The highest BCUT2D eigenvalue weighted by Gasteiger charge is 2.37. The number of ether oxygens (including phenoxy) is 2. The van der Waals surface area contributed by atoms with Crippen LogP contribution in [-0.2, 0) is 12.2 Å². The molecule has 1 saturated carbocycles. The van der Waals surface area contributed by atoms with Gasteiger partial charge >= 0.3 is 12.3 Å². The second-order valence-corrected chi connectivity index (χ2v) is 11.6. The number of benzene rings is 3. The molecular formula is C32H27ClF4N2O6. The zero-order valence-corrected chi connectivity index (χ0v) is 24.4. The number of nitrogens with zero attached hydrogens (tertiary/aromatic N) is 2. The van der Waals surface area contributed by atoms with Crippen LogP contribution in [0.15, 0.2) is 65.2 Å². The van der Waals surface area contributed by atoms with Crippen LogP contribution in [-0.4, -0.2) is 40.8 Å². The van der Waals surface area contributed by atoms with Crippen LogP contribution in [0.3, 0.4) is 0 Å². The zero-order chi connectivity index (χ0) is 31.9. The van der Waals surface area contributed by atoms with Crippen molar-refractivity contribution in [2.45, 2.75) is 50.2 Å². The second kappa shape index (κ2) is 11.9. The molecule has 0 spiro atoms. The van der Waals surface area contributed by atoms with E-state index in [9.17, 15) is 32.6 Å². The van der Waals surface area contributed by atoms with Gasteiger partial charge in [-0.05, 0) is 68.1 Å². The first-order chi connectivity index (χ1) is 21.4. The highest BCUT2D eigenvalue weighted by molar-refractivity contribution is 6.31. The molecule has 3 aromatic carbocycles. The van der Waals surface area contributed by atoms with Crippen LogP contribution in [0.25, 0.3) is 11.3 Å². The number of halogens is 5. The highest BCUT2D eigenvalue weighted by Crippen LogP contribution is 2.46. The van der Waals surface area contributed by atoms with E-state index >= 15 is 0 Å². The molecule has 45 heavy (non-hydrogen) atoms. The van der Waals surface area contributed by atoms with Gasteiger partial charge in [-0.15, -0.1) is 13.2 Å². The van der Waals surface area contributed by atoms with Gasteiger partial charge in [0.1, 0.15) is 35.4 Å². The molecule has 2 fully saturated rings. The largest absolute Gasteiger partial charge is 0.573 e. The molecule has 4 aromatic rings. The topological polar surface area (TPSA) is 105 Å². The fourth-order valence-corrected chi connectivity index (χ4v) is 5.96. The Morgan fingerprint density at radius 2 is 1.82 bits per heavy atom. The molecule has 0 bridgehead atoms. The first-order valence-corrected chi connectivity index (χ1v) is 14.6. The van der Waals surface area contributed by atoms with Crippen LogP contribution in [0.1, 0.15) is 58.8 Å². The van der Waals surface area contributed by atoms with E-state index in [1.807, 2.05) is 0 Å². The maximum Gasteiger partial charge on any atom is 0.573 e. The number of hydrogen-bond acceptors (Lipinski definition) is 7. The van der Waals surface area contributed by atoms with Crippen molar-refractivity contribution < 1.29 is 46.6 Å². The number of aromatic carboxylic acids is 1. The summed E-state index contributed by atoms with van der Waals surface area (Å²) in [6.07, 6.45) is -2.67. The van der Waals surface area contributed by atoms with Crippen molar-refractivity contribution in [3.8, 4) is 22.8 Å². The monoisotopic (exact) mass is 646 g/mol. The smallest absolute Gasteiger partial charge is 0.489 e. The molecule has 13 heteroatoms. The molecule has 1 aromatic heterocycles. The first kappa shape index (κ1) is 30.7. The van der Waals surface area contributed by atoms with Gasteiger partial charge in [-0.1, -0.05) is 35.0 Å². The molecule has 1 saturated heterocycles. The molecule has 0 amide bonds. The van der Waals surface area contributed by atoms with Gasteiger partial charge in [0.25, 0.3) is 0 Å². The van der Waals surface area contributed by atoms with Crippen molar-refractivity contribution in [2.24, 2.45) is 0 Å². The van der Waals surface area contributed by atoms with Gasteiger partial charge in [0.15, 0.2) is 0 Å². The fourth-order valence-electron chi connectivity index (χ4n) is 5.62. The number of carboxylic acids is 1. The highest BCUT2D eigenvalue weighted by atomic mass is 35.5. The summed E-state index contributed by atoms with van der Waals surface area (Å²) in [5, 5.41) is 25.1. The third-order valence-electron chi connectivity index (χ3n) is 8.04. The van der Waals surface area contributed by atoms with Crippen molar-refractivity contribution >= 4 is 23.3 Å². The summed E-state index contributed by atoms with van der Waals surface area (Å²) in [6.45, 7) is 0.590. The van der Waals surface area contributed by atoms with E-state index in [1.54, 1.807) is 29.2 Å². The molecule has 2 aliphatic rings. The molecular weight excluding hydrogens is 620 g/mol. The Balaban J connectivity index is 1.18. The van der Waals surface area contributed by atoms with Gasteiger partial charge in [-0.25, -0.2) is 9.18 Å². The number of aromatic nitrogens is 1. The quantitative estimate of drug-likeness (QED) is 0.179. The van der Waals surface area contributed by atoms with Gasteiger partial charge in [0.2, 0.25) is 0 Å². The number of aliphatic hydroxyl groups is 1. The van der Waals surface area contributed by atoms with E-state index < -0.39 is 29.5 Å². The van der Waals surface area contributed by atoms with Crippen molar-refractivity contribution in [2.75, 3.05) is 18.0 Å². The van der Waals surface area contributed by atoms with Crippen molar-refractivity contribution in [1.29, 1.82) is 0 Å². The summed E-state index contributed by atoms with van der Waals surface area (Å²) >= 11 is 6.62. The minimum Gasteiger partial charge on any atom is -0.489 e. The Morgan fingerprint density at radius 3 is 2.49 bits per heavy atom. The van der Waals surface area contributed by atoms with Crippen LogP contribution in [0.5, 0.6) is 11.5 Å². The third-order valence-corrected chi connectivity index (χ3v) is 8.36. The van der Waals surface area contributed by atoms with E-state index in [1.165, 1.54) is 30.3 Å². The van der Waals surface area contributed by atoms with Gasteiger partial charge in [-0.2, -0.15) is 0 Å². The van der Waals surface area contributed by atoms with Crippen molar-refractivity contribution in [3.05, 3.63) is 94.0 Å². The van der Waals surface area contributed by atoms with Crippen molar-refractivity contribution in [1.82, 2.24) is 5.16 Å². The van der Waals surface area contributed by atoms with Crippen molar-refractivity contribution in [3.63, 3.8) is 0 Å². The number of piperidine rings is 1. The minimum absolute atomic E-state index is 0.0636. The Hall–Kier alpha value is -4.29. The van der Waals surface area contributed by atoms with Gasteiger partial charge in [0, 0.05) is 35.8 Å². The third kappa shape index (κ3) is 6.71. The van der Waals surface area contributed by atoms with Gasteiger partial charge in [-0.3, -0.25) is 0 Å². The molecule has 8 nitrogen and oxygen atoms in total. The average molecular weight is 647 g/mol. The lowest BCUT2D eigenvalue weighted by Gasteiger charge is -2.40. The molecule has 2 N–H and O–H groups in total. The number of hydrogen-bond donors (Lipinski definition) is 2. The molecule has 0 unspecified atom stereocenters. The van der Waals surface area contributed by atoms with E-state index in [0.717, 1.165) is 18.9 Å². The summed E-state index contributed by atoms with van der Waals surface area (Å²) in [5.41, 5.74) is 0.242. The lowest BCUT2D eigenvalue weighted by Crippen LogP contribution is -2.42. The van der Waals surface area contributed by atoms with Gasteiger partial charge < -0.3 is 29.1 Å². The number of alkyl halides is 3. The summed E-state index contributed by atoms with van der Waals surface area (Å²) in [6, 6.07) is 14.1. The minimum atomic E-state index is -4.89. The van der Waals surface area contributed by atoms with E-state index in [-0.39, 0.29) is 47.2 Å². The van der Waals surface area contributed by atoms with Crippen LogP contribution in [0, 0.1) is 5.82 Å². The Morgan fingerprint density at radius 1 is 1.09 bits per heavy atom. The molecule has 6 rings (SSSR count). The predicted molar refractivity (Wildman–Crippen MR) is 155 cm³/mol. The summed E-state index contributed by atoms with van der Waals surface area (Å²) < 4.78 is 69.1. The molecule has 0 atom stereocenters. The first-order valence-electron chi connectivity index (χ1n) is 14.2. The van der Waals surface area contributed by atoms with Crippen LogP contribution in [0.4, 0.5) is 23.2 Å². The zero-order valence-electron chi connectivity index (χ0n) is 23.6. The average Bonchev–Trinajstić information content (AvgIpc) is 3.74. The van der Waals surface area contributed by atoms with E-state index in [0.29, 0.717) is 41.4 Å². The van der Waals surface area contributed by atoms with Crippen LogP contribution >= 0.6 is 11.6 Å². The molecule has 1 aliphatic heterocycles. The number of carbonyl (C=O) groups is 1. The summed E-state index contributed by atoms with van der Waals surface area (Å²) in [5.74, 6) is -1.31. The molecule has 2 heterocycles. The Labute approximate surface area is 259 Å². The van der Waals surface area contributed by atoms with E-state index in [4.69, 9.17) is 20.9 Å². The summed E-state index contributed by atoms with van der Waals surface area (Å²) in [7, 11) is 0. The van der Waals surface area contributed by atoms with Crippen LogP contribution in [0.2, 0.25) is 5.02 Å². The molecule has 0 radical (unpaired) electrons.